The van der Waals surface area contributed by atoms with Gasteiger partial charge < -0.3 is 14.2 Å². The van der Waals surface area contributed by atoms with E-state index in [0.29, 0.717) is 19.3 Å². The Bertz CT molecular complexity index is 1570. The third kappa shape index (κ3) is 62.9. The smallest absolute Gasteiger partial charge is 0.306 e. The van der Waals surface area contributed by atoms with E-state index in [1.54, 1.807) is 0 Å². The van der Waals surface area contributed by atoms with Crippen LogP contribution in [0.25, 0.3) is 0 Å². The van der Waals surface area contributed by atoms with Crippen molar-refractivity contribution < 1.29 is 28.6 Å². The highest BCUT2D eigenvalue weighted by Gasteiger charge is 2.19. The van der Waals surface area contributed by atoms with E-state index in [0.717, 1.165) is 122 Å². The minimum Gasteiger partial charge on any atom is -0.462 e. The lowest BCUT2D eigenvalue weighted by atomic mass is 10.0. The summed E-state index contributed by atoms with van der Waals surface area (Å²) in [4.78, 5) is 38.0. The number of rotatable bonds is 59. The zero-order chi connectivity index (χ0) is 56.4. The molecule has 0 N–H and O–H groups in total. The van der Waals surface area contributed by atoms with Crippen molar-refractivity contribution in [1.82, 2.24) is 0 Å². The molecule has 6 nitrogen and oxygen atoms in total. The average Bonchev–Trinajstić information content (AvgIpc) is 3.44. The van der Waals surface area contributed by atoms with Gasteiger partial charge in [0.15, 0.2) is 6.10 Å². The molecule has 0 radical (unpaired) electrons. The first-order chi connectivity index (χ1) is 38.5. The molecule has 0 aliphatic heterocycles. The predicted octanol–water partition coefficient (Wildman–Crippen LogP) is 22.6. The van der Waals surface area contributed by atoms with E-state index >= 15 is 0 Å². The van der Waals surface area contributed by atoms with Crippen molar-refractivity contribution in [3.8, 4) is 0 Å². The van der Waals surface area contributed by atoms with Crippen molar-refractivity contribution in [2.75, 3.05) is 13.2 Å². The molecule has 0 saturated heterocycles. The third-order valence-electron chi connectivity index (χ3n) is 14.0. The fourth-order valence-electron chi connectivity index (χ4n) is 9.10. The molecule has 6 heteroatoms. The summed E-state index contributed by atoms with van der Waals surface area (Å²) in [6.07, 6.45) is 89.9. The molecule has 0 aromatic heterocycles. The fourth-order valence-corrected chi connectivity index (χ4v) is 9.10. The average molecular weight is 1080 g/mol. The quantitative estimate of drug-likeness (QED) is 0.0261. The molecule has 0 amide bonds. The van der Waals surface area contributed by atoms with Crippen LogP contribution in [-0.4, -0.2) is 37.2 Å². The van der Waals surface area contributed by atoms with Crippen LogP contribution in [0.1, 0.15) is 310 Å². The second kappa shape index (κ2) is 65.6. The molecule has 0 rings (SSSR count). The molecule has 0 aromatic carbocycles. The molecule has 1 atom stereocenters. The Kier molecular flexibility index (Phi) is 62.3. The number of ether oxygens (including phenoxy) is 3. The van der Waals surface area contributed by atoms with Crippen LogP contribution >= 0.6 is 0 Å². The van der Waals surface area contributed by atoms with Crippen molar-refractivity contribution in [3.63, 3.8) is 0 Å². The molecular formula is C72H122O6. The summed E-state index contributed by atoms with van der Waals surface area (Å²) in [5.41, 5.74) is 0. The van der Waals surface area contributed by atoms with Gasteiger partial charge in [0.25, 0.3) is 0 Å². The zero-order valence-corrected chi connectivity index (χ0v) is 51.2. The maximum absolute atomic E-state index is 12.9. The van der Waals surface area contributed by atoms with E-state index < -0.39 is 6.10 Å². The SMILES string of the molecule is CC/C=C\C/C=C\C/C=C\C/C=C\C/C=C\C/C=C\CCCCCCCCC(=O)OC(COC(=O)CCCCCCCC)COC(=O)CCCCCCCCCCCCCCCC/C=C\C/C=C\C/C=C\CCCCCCC. The van der Waals surface area contributed by atoms with Crippen LogP contribution in [0.15, 0.2) is 109 Å². The first-order valence-corrected chi connectivity index (χ1v) is 32.9. The lowest BCUT2D eigenvalue weighted by Crippen LogP contribution is -2.30. The van der Waals surface area contributed by atoms with Crippen molar-refractivity contribution in [2.24, 2.45) is 0 Å². The Balaban J connectivity index is 4.11. The van der Waals surface area contributed by atoms with Gasteiger partial charge in [0.05, 0.1) is 0 Å². The van der Waals surface area contributed by atoms with Gasteiger partial charge in [-0.05, 0) is 109 Å². The summed E-state index contributed by atoms with van der Waals surface area (Å²) >= 11 is 0. The topological polar surface area (TPSA) is 78.9 Å². The van der Waals surface area contributed by atoms with Gasteiger partial charge in [0, 0.05) is 19.3 Å². The highest BCUT2D eigenvalue weighted by atomic mass is 16.6. The summed E-state index contributed by atoms with van der Waals surface area (Å²) < 4.78 is 16.8. The van der Waals surface area contributed by atoms with Crippen molar-refractivity contribution in [3.05, 3.63) is 109 Å². The van der Waals surface area contributed by atoms with Crippen LogP contribution in [0, 0.1) is 0 Å². The molecular weight excluding hydrogens is 961 g/mol. The summed E-state index contributed by atoms with van der Waals surface area (Å²) in [5.74, 6) is -0.903. The maximum atomic E-state index is 12.9. The molecule has 0 saturated carbocycles. The van der Waals surface area contributed by atoms with Gasteiger partial charge in [-0.1, -0.05) is 291 Å². The van der Waals surface area contributed by atoms with Crippen LogP contribution in [0.3, 0.4) is 0 Å². The minimum atomic E-state index is -0.785. The number of carbonyl (C=O) groups is 3. The van der Waals surface area contributed by atoms with E-state index in [1.807, 2.05) is 0 Å². The highest BCUT2D eigenvalue weighted by molar-refractivity contribution is 5.71. The van der Waals surface area contributed by atoms with Gasteiger partial charge in [-0.15, -0.1) is 0 Å². The van der Waals surface area contributed by atoms with Gasteiger partial charge in [-0.25, -0.2) is 0 Å². The van der Waals surface area contributed by atoms with Crippen LogP contribution in [0.4, 0.5) is 0 Å². The first kappa shape index (κ1) is 74.1. The zero-order valence-electron chi connectivity index (χ0n) is 51.2. The monoisotopic (exact) mass is 1080 g/mol. The second-order valence-corrected chi connectivity index (χ2v) is 21.6. The number of esters is 3. The van der Waals surface area contributed by atoms with Crippen LogP contribution in [0.2, 0.25) is 0 Å². The van der Waals surface area contributed by atoms with Gasteiger partial charge in [0.2, 0.25) is 0 Å². The van der Waals surface area contributed by atoms with Gasteiger partial charge in [0.1, 0.15) is 13.2 Å². The van der Waals surface area contributed by atoms with Gasteiger partial charge >= 0.3 is 17.9 Å². The molecule has 446 valence electrons. The molecule has 0 fully saturated rings. The van der Waals surface area contributed by atoms with Crippen LogP contribution < -0.4 is 0 Å². The predicted molar refractivity (Wildman–Crippen MR) is 339 cm³/mol. The summed E-state index contributed by atoms with van der Waals surface area (Å²) in [6.45, 7) is 6.46. The van der Waals surface area contributed by atoms with Crippen LogP contribution in [0.5, 0.6) is 0 Å². The van der Waals surface area contributed by atoms with E-state index in [9.17, 15) is 14.4 Å². The van der Waals surface area contributed by atoms with Crippen LogP contribution in [-0.2, 0) is 28.6 Å². The summed E-state index contributed by atoms with van der Waals surface area (Å²) in [6, 6.07) is 0. The molecule has 0 aliphatic rings. The van der Waals surface area contributed by atoms with E-state index in [2.05, 4.69) is 130 Å². The standard InChI is InChI=1S/C72H122O6/c1-4-7-10-13-16-18-20-22-24-26-28-30-32-34-35-36-37-39-40-42-44-46-48-50-52-54-56-59-62-65-71(74)77-68-69(67-76-70(73)64-61-58-15-12-9-6-3)78-72(75)66-63-60-57-55-53-51-49-47-45-43-41-38-33-31-29-27-25-23-21-19-17-14-11-8-5-2/h8,11,17,19-20,22-23,25-26,28-29,31-32,34,38,41,45,47,69H,4-7,9-10,12-16,18,21,24,27,30,33,35-37,39-40,42-44,46,48-68H2,1-3H3/b11-8-,19-17-,22-20-,25-23-,28-26-,31-29-,34-32-,41-38-,47-45-. The largest absolute Gasteiger partial charge is 0.462 e. The Labute approximate surface area is 482 Å². The normalized spacial score (nSPS) is 12.8. The molecule has 0 bridgehead atoms. The Morgan fingerprint density at radius 3 is 0.782 bits per heavy atom. The van der Waals surface area contributed by atoms with E-state index in [4.69, 9.17) is 14.2 Å². The Morgan fingerprint density at radius 2 is 0.500 bits per heavy atom. The number of unbranched alkanes of at least 4 members (excludes halogenated alkanes) is 30. The Morgan fingerprint density at radius 1 is 0.269 bits per heavy atom. The molecule has 0 aliphatic carbocycles. The number of carbonyl (C=O) groups excluding carboxylic acids is 3. The second-order valence-electron chi connectivity index (χ2n) is 21.6. The van der Waals surface area contributed by atoms with Crippen molar-refractivity contribution in [2.45, 2.75) is 316 Å². The molecule has 0 spiro atoms. The third-order valence-corrected chi connectivity index (χ3v) is 14.0. The van der Waals surface area contributed by atoms with Gasteiger partial charge in [-0.3, -0.25) is 14.4 Å². The summed E-state index contributed by atoms with van der Waals surface area (Å²) in [7, 11) is 0. The molecule has 0 aromatic rings. The lowest BCUT2D eigenvalue weighted by Gasteiger charge is -2.18. The van der Waals surface area contributed by atoms with E-state index in [1.165, 1.54) is 148 Å². The Hall–Kier alpha value is -3.93. The van der Waals surface area contributed by atoms with E-state index in [-0.39, 0.29) is 31.1 Å². The highest BCUT2D eigenvalue weighted by Crippen LogP contribution is 2.16. The lowest BCUT2D eigenvalue weighted by molar-refractivity contribution is -0.167. The van der Waals surface area contributed by atoms with Crippen molar-refractivity contribution >= 4 is 17.9 Å². The number of hydrogen-bond acceptors (Lipinski definition) is 6. The minimum absolute atomic E-state index is 0.0838. The van der Waals surface area contributed by atoms with Gasteiger partial charge in [-0.2, -0.15) is 0 Å². The first-order valence-electron chi connectivity index (χ1n) is 32.9. The summed E-state index contributed by atoms with van der Waals surface area (Å²) in [5, 5.41) is 0. The maximum Gasteiger partial charge on any atom is 0.306 e. The van der Waals surface area contributed by atoms with Crippen molar-refractivity contribution in [1.29, 1.82) is 0 Å². The molecule has 78 heavy (non-hydrogen) atoms. The number of hydrogen-bond donors (Lipinski definition) is 0. The number of allylic oxidation sites excluding steroid dienone is 18. The molecule has 1 unspecified atom stereocenters. The fraction of sp³-hybridized carbons (Fsp3) is 0.708. The molecule has 0 heterocycles.